The van der Waals surface area contributed by atoms with E-state index in [1.807, 2.05) is 38.7 Å². The van der Waals surface area contributed by atoms with Crippen molar-refractivity contribution in [1.82, 2.24) is 0 Å². The third-order valence-corrected chi connectivity index (χ3v) is 1.53. The van der Waals surface area contributed by atoms with E-state index >= 15 is 0 Å². The van der Waals surface area contributed by atoms with Gasteiger partial charge >= 0.3 is 0 Å². The second-order valence-corrected chi connectivity index (χ2v) is 3.04. The molecular formula is C11H15O. The van der Waals surface area contributed by atoms with Crippen molar-refractivity contribution in [1.29, 1.82) is 0 Å². The number of benzene rings is 1. The lowest BCUT2D eigenvalue weighted by Crippen LogP contribution is -2.00. The van der Waals surface area contributed by atoms with Crippen LogP contribution in [0.2, 0.25) is 0 Å². The third-order valence-electron chi connectivity index (χ3n) is 1.53. The van der Waals surface area contributed by atoms with Crippen LogP contribution in [0.1, 0.15) is 19.4 Å². The minimum absolute atomic E-state index is 0.286. The Balaban J connectivity index is 2.25. The summed E-state index contributed by atoms with van der Waals surface area (Å²) in [6.45, 7) is 5.92. The molecule has 0 aliphatic rings. The van der Waals surface area contributed by atoms with Crippen LogP contribution >= 0.6 is 0 Å². The second-order valence-electron chi connectivity index (χ2n) is 3.04. The highest BCUT2D eigenvalue weighted by Crippen LogP contribution is 2.03. The Hall–Kier alpha value is -0.820. The summed E-state index contributed by atoms with van der Waals surface area (Å²) in [5, 5.41) is 0. The first kappa shape index (κ1) is 9.27. The van der Waals surface area contributed by atoms with Gasteiger partial charge in [0.05, 0.1) is 12.7 Å². The van der Waals surface area contributed by atoms with E-state index < -0.39 is 0 Å². The first-order chi connectivity index (χ1) is 5.79. The summed E-state index contributed by atoms with van der Waals surface area (Å²) in [7, 11) is 0. The molecule has 0 N–H and O–H groups in total. The molecule has 0 aromatic heterocycles. The van der Waals surface area contributed by atoms with Crippen LogP contribution in [0.5, 0.6) is 0 Å². The predicted molar refractivity (Wildman–Crippen MR) is 50.7 cm³/mol. The predicted octanol–water partition coefficient (Wildman–Crippen LogP) is 2.82. The molecule has 12 heavy (non-hydrogen) atoms. The normalized spacial score (nSPS) is 10.6. The number of rotatable bonds is 4. The van der Waals surface area contributed by atoms with Gasteiger partial charge in [-0.15, -0.1) is 0 Å². The summed E-state index contributed by atoms with van der Waals surface area (Å²) in [4.78, 5) is 0. The number of hydrogen-bond acceptors (Lipinski definition) is 1. The van der Waals surface area contributed by atoms with Crippen LogP contribution in [-0.4, -0.2) is 6.10 Å². The lowest BCUT2D eigenvalue weighted by molar-refractivity contribution is 0.133. The van der Waals surface area contributed by atoms with Crippen molar-refractivity contribution >= 4 is 0 Å². The number of ether oxygens (including phenoxy) is 1. The molecule has 0 aliphatic heterocycles. The zero-order valence-electron chi connectivity index (χ0n) is 7.66. The van der Waals surface area contributed by atoms with E-state index in [2.05, 4.69) is 12.1 Å². The average molecular weight is 163 g/mol. The Labute approximate surface area is 74.4 Å². The average Bonchev–Trinajstić information content (AvgIpc) is 2.05. The zero-order valence-corrected chi connectivity index (χ0v) is 7.66. The molecule has 0 saturated heterocycles. The van der Waals surface area contributed by atoms with Crippen molar-refractivity contribution in [3.63, 3.8) is 0 Å². The van der Waals surface area contributed by atoms with E-state index in [0.717, 1.165) is 6.42 Å². The largest absolute Gasteiger partial charge is 0.373 e. The van der Waals surface area contributed by atoms with E-state index in [-0.39, 0.29) is 6.10 Å². The van der Waals surface area contributed by atoms with Gasteiger partial charge in [0, 0.05) is 6.42 Å². The summed E-state index contributed by atoms with van der Waals surface area (Å²) < 4.78 is 5.32. The van der Waals surface area contributed by atoms with Gasteiger partial charge in [-0.3, -0.25) is 0 Å². The molecule has 0 unspecified atom stereocenters. The van der Waals surface area contributed by atoms with Gasteiger partial charge in [-0.05, 0) is 19.4 Å². The summed E-state index contributed by atoms with van der Waals surface area (Å²) in [6.07, 6.45) is 1.17. The lowest BCUT2D eigenvalue weighted by Gasteiger charge is -2.05. The van der Waals surface area contributed by atoms with Crippen molar-refractivity contribution in [2.75, 3.05) is 0 Å². The van der Waals surface area contributed by atoms with E-state index in [0.29, 0.717) is 0 Å². The van der Waals surface area contributed by atoms with Gasteiger partial charge in [0.25, 0.3) is 0 Å². The molecule has 1 aromatic rings. The van der Waals surface area contributed by atoms with Gasteiger partial charge in [0.2, 0.25) is 0 Å². The Kier molecular flexibility index (Phi) is 3.81. The molecule has 0 saturated carbocycles. The maximum Gasteiger partial charge on any atom is 0.0883 e. The SMILES string of the molecule is CC(C)O[CH]Cc1ccccc1. The monoisotopic (exact) mass is 163 g/mol. The molecular weight excluding hydrogens is 148 g/mol. The Morgan fingerprint density at radius 2 is 1.92 bits per heavy atom. The first-order valence-corrected chi connectivity index (χ1v) is 4.30. The lowest BCUT2D eigenvalue weighted by atomic mass is 10.2. The molecule has 65 valence electrons. The van der Waals surface area contributed by atoms with Crippen LogP contribution < -0.4 is 0 Å². The fourth-order valence-corrected chi connectivity index (χ4v) is 0.951. The maximum absolute atomic E-state index is 5.32. The van der Waals surface area contributed by atoms with Gasteiger partial charge in [-0.2, -0.15) is 0 Å². The highest BCUT2D eigenvalue weighted by molar-refractivity contribution is 5.15. The Morgan fingerprint density at radius 1 is 1.25 bits per heavy atom. The van der Waals surface area contributed by atoms with Crippen LogP contribution in [-0.2, 0) is 11.2 Å². The molecule has 0 aliphatic carbocycles. The molecule has 1 heteroatoms. The smallest absolute Gasteiger partial charge is 0.0883 e. The van der Waals surface area contributed by atoms with Gasteiger partial charge in [0.1, 0.15) is 0 Å². The van der Waals surface area contributed by atoms with Gasteiger partial charge in [-0.25, -0.2) is 0 Å². The van der Waals surface area contributed by atoms with Crippen LogP contribution in [0.25, 0.3) is 0 Å². The van der Waals surface area contributed by atoms with Crippen LogP contribution in [0, 0.1) is 6.61 Å². The van der Waals surface area contributed by atoms with Crippen LogP contribution in [0.15, 0.2) is 30.3 Å². The minimum atomic E-state index is 0.286. The highest BCUT2D eigenvalue weighted by Gasteiger charge is 1.94. The standard InChI is InChI=1S/C11H15O/c1-10(2)12-9-8-11-6-4-3-5-7-11/h3-7,9-10H,8H2,1-2H3. The summed E-state index contributed by atoms with van der Waals surface area (Å²) in [5.74, 6) is 0. The Bertz CT molecular complexity index is 204. The molecule has 0 atom stereocenters. The molecule has 1 nitrogen and oxygen atoms in total. The van der Waals surface area contributed by atoms with Gasteiger partial charge < -0.3 is 4.74 Å². The zero-order chi connectivity index (χ0) is 8.81. The highest BCUT2D eigenvalue weighted by atomic mass is 16.5. The minimum Gasteiger partial charge on any atom is -0.373 e. The topological polar surface area (TPSA) is 9.23 Å². The molecule has 1 rings (SSSR count). The first-order valence-electron chi connectivity index (χ1n) is 4.30. The van der Waals surface area contributed by atoms with E-state index in [1.165, 1.54) is 5.56 Å². The van der Waals surface area contributed by atoms with Crippen molar-refractivity contribution < 1.29 is 4.74 Å². The van der Waals surface area contributed by atoms with Crippen molar-refractivity contribution in [2.45, 2.75) is 26.4 Å². The van der Waals surface area contributed by atoms with Crippen LogP contribution in [0.4, 0.5) is 0 Å². The number of hydrogen-bond donors (Lipinski definition) is 0. The molecule has 0 fully saturated rings. The Morgan fingerprint density at radius 3 is 2.50 bits per heavy atom. The van der Waals surface area contributed by atoms with Gasteiger partial charge in [0.15, 0.2) is 0 Å². The molecule has 0 spiro atoms. The second kappa shape index (κ2) is 4.94. The van der Waals surface area contributed by atoms with Gasteiger partial charge in [-0.1, -0.05) is 30.3 Å². The summed E-state index contributed by atoms with van der Waals surface area (Å²) >= 11 is 0. The molecule has 1 aromatic carbocycles. The van der Waals surface area contributed by atoms with E-state index in [4.69, 9.17) is 4.74 Å². The molecule has 0 bridgehead atoms. The molecule has 0 heterocycles. The van der Waals surface area contributed by atoms with Crippen molar-refractivity contribution in [2.24, 2.45) is 0 Å². The summed E-state index contributed by atoms with van der Waals surface area (Å²) in [6, 6.07) is 10.3. The fraction of sp³-hybridized carbons (Fsp3) is 0.364. The third kappa shape index (κ3) is 3.54. The molecule has 0 amide bonds. The van der Waals surface area contributed by atoms with Crippen molar-refractivity contribution in [3.8, 4) is 0 Å². The molecule has 1 radical (unpaired) electrons. The van der Waals surface area contributed by atoms with Crippen LogP contribution in [0.3, 0.4) is 0 Å². The van der Waals surface area contributed by atoms with E-state index in [1.54, 1.807) is 0 Å². The maximum atomic E-state index is 5.32. The quantitative estimate of drug-likeness (QED) is 0.663. The fourth-order valence-electron chi connectivity index (χ4n) is 0.951. The van der Waals surface area contributed by atoms with Crippen molar-refractivity contribution in [3.05, 3.63) is 42.5 Å². The summed E-state index contributed by atoms with van der Waals surface area (Å²) in [5.41, 5.74) is 1.29. The van der Waals surface area contributed by atoms with E-state index in [9.17, 15) is 0 Å².